The van der Waals surface area contributed by atoms with Gasteiger partial charge < -0.3 is 24.1 Å². The van der Waals surface area contributed by atoms with Gasteiger partial charge in [0.15, 0.2) is 0 Å². The van der Waals surface area contributed by atoms with E-state index in [9.17, 15) is 9.59 Å². The molecule has 1 aromatic carbocycles. The van der Waals surface area contributed by atoms with Crippen LogP contribution in [0.25, 0.3) is 22.2 Å². The minimum Gasteiger partial charge on any atom is -0.444 e. The molecule has 6 rings (SSSR count). The highest BCUT2D eigenvalue weighted by atomic mass is 16.6. The summed E-state index contributed by atoms with van der Waals surface area (Å²) in [6.07, 6.45) is 5.81. The number of aromatic nitrogens is 2. The van der Waals surface area contributed by atoms with E-state index in [4.69, 9.17) is 14.2 Å². The number of amides is 2. The highest BCUT2D eigenvalue weighted by molar-refractivity contribution is 5.85. The van der Waals surface area contributed by atoms with Crippen molar-refractivity contribution < 1.29 is 23.8 Å². The Kier molecular flexibility index (Phi) is 7.50. The maximum Gasteiger partial charge on any atom is 0.410 e. The molecule has 3 aliphatic heterocycles. The number of aryl methyl sites for hydroxylation is 1. The van der Waals surface area contributed by atoms with Crippen LogP contribution >= 0.6 is 0 Å². The third-order valence-corrected chi connectivity index (χ3v) is 8.44. The summed E-state index contributed by atoms with van der Waals surface area (Å²) in [6.45, 7) is 11.6. The predicted molar refractivity (Wildman–Crippen MR) is 155 cm³/mol. The van der Waals surface area contributed by atoms with Crippen LogP contribution in [0.1, 0.15) is 61.9 Å². The average Bonchev–Trinajstić information content (AvgIpc) is 3.35. The zero-order valence-electron chi connectivity index (χ0n) is 24.5. The van der Waals surface area contributed by atoms with Crippen LogP contribution in [0, 0.1) is 12.8 Å². The lowest BCUT2D eigenvalue weighted by Gasteiger charge is -2.40. The average molecular weight is 561 g/mol. The van der Waals surface area contributed by atoms with Crippen molar-refractivity contribution >= 4 is 23.0 Å². The van der Waals surface area contributed by atoms with Crippen molar-refractivity contribution in [2.75, 3.05) is 39.5 Å². The van der Waals surface area contributed by atoms with E-state index in [1.54, 1.807) is 0 Å². The van der Waals surface area contributed by atoms with Gasteiger partial charge in [-0.2, -0.15) is 0 Å². The summed E-state index contributed by atoms with van der Waals surface area (Å²) < 4.78 is 17.3. The molecule has 2 saturated heterocycles. The second kappa shape index (κ2) is 11.1. The van der Waals surface area contributed by atoms with Gasteiger partial charge in [-0.25, -0.2) is 9.78 Å². The molecule has 2 fully saturated rings. The van der Waals surface area contributed by atoms with E-state index in [1.165, 1.54) is 5.56 Å². The predicted octanol–water partition coefficient (Wildman–Crippen LogP) is 5.16. The van der Waals surface area contributed by atoms with Gasteiger partial charge in [0.2, 0.25) is 5.91 Å². The van der Waals surface area contributed by atoms with E-state index in [-0.39, 0.29) is 24.0 Å². The Morgan fingerprint density at radius 1 is 1.05 bits per heavy atom. The van der Waals surface area contributed by atoms with Crippen molar-refractivity contribution in [1.29, 1.82) is 0 Å². The molecule has 9 nitrogen and oxygen atoms in total. The maximum atomic E-state index is 13.5. The number of nitrogens with one attached hydrogen (secondary N) is 1. The van der Waals surface area contributed by atoms with E-state index in [0.29, 0.717) is 46.1 Å². The van der Waals surface area contributed by atoms with Gasteiger partial charge in [-0.3, -0.25) is 9.69 Å². The minimum absolute atomic E-state index is 0.0190. The van der Waals surface area contributed by atoms with Gasteiger partial charge >= 0.3 is 6.09 Å². The first-order valence-electron chi connectivity index (χ1n) is 14.7. The van der Waals surface area contributed by atoms with E-state index in [1.807, 2.05) is 43.0 Å². The summed E-state index contributed by atoms with van der Waals surface area (Å²) in [6, 6.07) is 6.28. The Balaban J connectivity index is 1.41. The van der Waals surface area contributed by atoms with E-state index >= 15 is 0 Å². The largest absolute Gasteiger partial charge is 0.444 e. The SMILES string of the molecule is Cc1c[nH]c2ncc(-c3cc4c(c([C@H]5COCCN5C(=O)OC(C)(C)C)c3)CCN(C(=O)C3CCOCC3)C4)cc12. The fourth-order valence-corrected chi connectivity index (χ4v) is 6.28. The van der Waals surface area contributed by atoms with Crippen molar-refractivity contribution in [3.63, 3.8) is 0 Å². The van der Waals surface area contributed by atoms with Crippen LogP contribution in [0.3, 0.4) is 0 Å². The van der Waals surface area contributed by atoms with Crippen molar-refractivity contribution in [2.45, 2.75) is 65.1 Å². The van der Waals surface area contributed by atoms with Gasteiger partial charge in [-0.05, 0) is 93.0 Å². The molecule has 0 bridgehead atoms. The Morgan fingerprint density at radius 2 is 1.85 bits per heavy atom. The number of ether oxygens (including phenoxy) is 3. The molecular weight excluding hydrogens is 520 g/mol. The molecule has 3 aromatic rings. The lowest BCUT2D eigenvalue weighted by atomic mass is 9.86. The Labute approximate surface area is 241 Å². The molecule has 0 saturated carbocycles. The number of nitrogens with zero attached hydrogens (tertiary/aromatic N) is 3. The van der Waals surface area contributed by atoms with Gasteiger partial charge in [0.05, 0.1) is 19.3 Å². The van der Waals surface area contributed by atoms with E-state index in [0.717, 1.165) is 58.1 Å². The lowest BCUT2D eigenvalue weighted by molar-refractivity contribution is -0.139. The third-order valence-electron chi connectivity index (χ3n) is 8.44. The summed E-state index contributed by atoms with van der Waals surface area (Å²) in [5.74, 6) is 0.235. The quantitative estimate of drug-likeness (QED) is 0.476. The molecule has 9 heteroatoms. The van der Waals surface area contributed by atoms with E-state index < -0.39 is 5.60 Å². The summed E-state index contributed by atoms with van der Waals surface area (Å²) in [7, 11) is 0. The normalized spacial score (nSPS) is 20.2. The summed E-state index contributed by atoms with van der Waals surface area (Å²) in [5, 5.41) is 1.08. The molecule has 1 N–H and O–H groups in total. The van der Waals surface area contributed by atoms with Gasteiger partial charge in [0.1, 0.15) is 11.2 Å². The molecule has 0 spiro atoms. The first-order valence-corrected chi connectivity index (χ1v) is 14.7. The molecular formula is C32H40N4O5. The van der Waals surface area contributed by atoms with Gasteiger partial charge in [0, 0.05) is 62.1 Å². The fraction of sp³-hybridized carbons (Fsp3) is 0.531. The highest BCUT2D eigenvalue weighted by Gasteiger charge is 2.36. The molecule has 0 radical (unpaired) electrons. The first-order chi connectivity index (χ1) is 19.7. The maximum absolute atomic E-state index is 13.5. The van der Waals surface area contributed by atoms with Gasteiger partial charge in [-0.15, -0.1) is 0 Å². The Hall–Kier alpha value is -3.43. The van der Waals surface area contributed by atoms with Crippen LogP contribution < -0.4 is 0 Å². The van der Waals surface area contributed by atoms with Crippen LogP contribution in [0.4, 0.5) is 4.79 Å². The number of fused-ring (bicyclic) bond motifs is 2. The second-order valence-corrected chi connectivity index (χ2v) is 12.5. The van der Waals surface area contributed by atoms with Crippen LogP contribution in [-0.4, -0.2) is 76.9 Å². The van der Waals surface area contributed by atoms with Crippen molar-refractivity contribution in [1.82, 2.24) is 19.8 Å². The zero-order chi connectivity index (χ0) is 28.7. The highest BCUT2D eigenvalue weighted by Crippen LogP contribution is 2.37. The van der Waals surface area contributed by atoms with Crippen molar-refractivity contribution in [3.05, 3.63) is 52.8 Å². The fourth-order valence-electron chi connectivity index (χ4n) is 6.28. The first kappa shape index (κ1) is 27.7. The molecule has 2 aromatic heterocycles. The van der Waals surface area contributed by atoms with Crippen LogP contribution in [-0.2, 0) is 32.0 Å². The van der Waals surface area contributed by atoms with Crippen molar-refractivity contribution in [3.8, 4) is 11.1 Å². The number of pyridine rings is 1. The minimum atomic E-state index is -0.596. The summed E-state index contributed by atoms with van der Waals surface area (Å²) in [4.78, 5) is 38.6. The number of carbonyl (C=O) groups is 2. The molecule has 0 aliphatic carbocycles. The van der Waals surface area contributed by atoms with Gasteiger partial charge in [-0.1, -0.05) is 0 Å². The molecule has 3 aliphatic rings. The number of carbonyl (C=O) groups excluding carboxylic acids is 2. The topological polar surface area (TPSA) is 97.0 Å². The zero-order valence-corrected chi connectivity index (χ0v) is 24.5. The number of aromatic amines is 1. The van der Waals surface area contributed by atoms with Crippen LogP contribution in [0.2, 0.25) is 0 Å². The Bertz CT molecular complexity index is 1450. The van der Waals surface area contributed by atoms with Crippen LogP contribution in [0.5, 0.6) is 0 Å². The third kappa shape index (κ3) is 5.70. The molecule has 0 unspecified atom stereocenters. The molecule has 2 amide bonds. The smallest absolute Gasteiger partial charge is 0.410 e. The number of benzene rings is 1. The molecule has 5 heterocycles. The molecule has 41 heavy (non-hydrogen) atoms. The summed E-state index contributed by atoms with van der Waals surface area (Å²) in [5.41, 5.74) is 6.79. The summed E-state index contributed by atoms with van der Waals surface area (Å²) >= 11 is 0. The lowest BCUT2D eigenvalue weighted by Crippen LogP contribution is -2.46. The second-order valence-electron chi connectivity index (χ2n) is 12.5. The molecule has 1 atom stereocenters. The monoisotopic (exact) mass is 560 g/mol. The molecule has 218 valence electrons. The Morgan fingerprint density at radius 3 is 2.63 bits per heavy atom. The van der Waals surface area contributed by atoms with Gasteiger partial charge in [0.25, 0.3) is 0 Å². The van der Waals surface area contributed by atoms with E-state index in [2.05, 4.69) is 35.1 Å². The van der Waals surface area contributed by atoms with Crippen LogP contribution in [0.15, 0.2) is 30.6 Å². The number of hydrogen-bond donors (Lipinski definition) is 1. The standard InChI is InChI=1S/C32H40N4O5/c1-20-16-33-29-26(20)15-23(17-34-29)22-13-24-18-35(30(37)21-6-10-39-11-7-21)8-5-25(24)27(14-22)28-19-40-12-9-36(28)31(38)41-32(2,3)4/h13-17,21,28H,5-12,18-19H2,1-4H3,(H,33,34)/t28-/m1/s1. The number of morpholine rings is 1. The number of hydrogen-bond acceptors (Lipinski definition) is 6. The number of rotatable bonds is 3. The number of H-pyrrole nitrogens is 1. The van der Waals surface area contributed by atoms with Crippen molar-refractivity contribution in [2.24, 2.45) is 5.92 Å².